The second-order valence-corrected chi connectivity index (χ2v) is 1.83. The Morgan fingerprint density at radius 3 is 2.90 bits per heavy atom. The van der Waals surface area contributed by atoms with Gasteiger partial charge in [0.25, 0.3) is 0 Å². The normalized spacial score (nSPS) is 32.2. The van der Waals surface area contributed by atoms with E-state index in [2.05, 4.69) is 14.2 Å². The van der Waals surface area contributed by atoms with Gasteiger partial charge in [-0.2, -0.15) is 4.39 Å². The highest BCUT2D eigenvalue weighted by atomic mass is 19.2. The molecule has 1 heterocycles. The summed E-state index contributed by atoms with van der Waals surface area (Å²) in [5.74, 6) is -3.43. The number of hydrogen-bond acceptors (Lipinski definition) is 4. The lowest BCUT2D eigenvalue weighted by Gasteiger charge is -2.11. The zero-order valence-corrected chi connectivity index (χ0v) is 5.43. The van der Waals surface area contributed by atoms with Crippen LogP contribution >= 0.6 is 0 Å². The van der Waals surface area contributed by atoms with Crippen LogP contribution in [-0.4, -0.2) is 32.3 Å². The summed E-state index contributed by atoms with van der Waals surface area (Å²) in [6.45, 7) is -0.592. The van der Waals surface area contributed by atoms with E-state index in [9.17, 15) is 9.18 Å². The number of carbonyl (C=O) groups excluding carboxylic acids is 1. The van der Waals surface area contributed by atoms with Gasteiger partial charge in [-0.1, -0.05) is 0 Å². The first-order chi connectivity index (χ1) is 4.69. The topological polar surface area (TPSA) is 44.8 Å². The highest BCUT2D eigenvalue weighted by Gasteiger charge is 2.45. The van der Waals surface area contributed by atoms with Crippen molar-refractivity contribution in [2.45, 2.75) is 5.85 Å². The lowest BCUT2D eigenvalue weighted by Crippen LogP contribution is -2.36. The molecule has 1 aliphatic rings. The molecule has 5 heteroatoms. The quantitative estimate of drug-likeness (QED) is 0.487. The number of alkyl halides is 1. The van der Waals surface area contributed by atoms with Gasteiger partial charge in [0.1, 0.15) is 6.61 Å². The summed E-state index contributed by atoms with van der Waals surface area (Å²) in [4.78, 5) is 10.5. The average Bonchev–Trinajstić information content (AvgIpc) is 2.36. The van der Waals surface area contributed by atoms with Crippen LogP contribution in [0, 0.1) is 0 Å². The van der Waals surface area contributed by atoms with Crippen molar-refractivity contribution in [1.82, 2.24) is 0 Å². The van der Waals surface area contributed by atoms with Gasteiger partial charge < -0.3 is 14.2 Å². The Kier molecular flexibility index (Phi) is 1.87. The van der Waals surface area contributed by atoms with Gasteiger partial charge in [-0.25, -0.2) is 4.79 Å². The van der Waals surface area contributed by atoms with Gasteiger partial charge >= 0.3 is 11.8 Å². The fourth-order valence-electron chi connectivity index (χ4n) is 0.620. The van der Waals surface area contributed by atoms with Crippen molar-refractivity contribution in [2.24, 2.45) is 0 Å². The first-order valence-corrected chi connectivity index (χ1v) is 2.68. The highest BCUT2D eigenvalue weighted by molar-refractivity contribution is 5.77. The summed E-state index contributed by atoms with van der Waals surface area (Å²) in [5.41, 5.74) is 0. The monoisotopic (exact) mass is 150 g/mol. The number of halogens is 1. The molecule has 1 saturated heterocycles. The van der Waals surface area contributed by atoms with E-state index in [-0.39, 0.29) is 13.4 Å². The molecule has 1 rings (SSSR count). The van der Waals surface area contributed by atoms with Crippen molar-refractivity contribution in [1.29, 1.82) is 0 Å². The molecule has 0 spiro atoms. The Morgan fingerprint density at radius 2 is 2.50 bits per heavy atom. The standard InChI is InChI=1S/C5H7FO4/c1-8-4(7)5(6)2-9-3-10-5/h2-3H2,1H3. The Hall–Kier alpha value is -0.680. The molecule has 0 radical (unpaired) electrons. The maximum atomic E-state index is 12.9. The molecule has 0 saturated carbocycles. The van der Waals surface area contributed by atoms with E-state index in [0.29, 0.717) is 0 Å². The minimum Gasteiger partial charge on any atom is -0.465 e. The van der Waals surface area contributed by atoms with Crippen molar-refractivity contribution in [3.05, 3.63) is 0 Å². The molecule has 4 nitrogen and oxygen atoms in total. The average molecular weight is 150 g/mol. The van der Waals surface area contributed by atoms with E-state index >= 15 is 0 Å². The smallest absolute Gasteiger partial charge is 0.374 e. The van der Waals surface area contributed by atoms with E-state index in [1.807, 2.05) is 0 Å². The third kappa shape index (κ3) is 1.10. The molecule has 58 valence electrons. The molecule has 0 bridgehead atoms. The van der Waals surface area contributed by atoms with Crippen molar-refractivity contribution < 1.29 is 23.4 Å². The minimum absolute atomic E-state index is 0.203. The van der Waals surface area contributed by atoms with Crippen LogP contribution in [-0.2, 0) is 19.0 Å². The Labute approximate surface area is 56.9 Å². The van der Waals surface area contributed by atoms with E-state index in [4.69, 9.17) is 0 Å². The molecule has 0 amide bonds. The maximum absolute atomic E-state index is 12.9. The third-order valence-electron chi connectivity index (χ3n) is 1.15. The van der Waals surface area contributed by atoms with Crippen LogP contribution in [0.25, 0.3) is 0 Å². The summed E-state index contributed by atoms with van der Waals surface area (Å²) in [6, 6.07) is 0. The Balaban J connectivity index is 2.58. The molecule has 1 aliphatic heterocycles. The van der Waals surface area contributed by atoms with Crippen LogP contribution < -0.4 is 0 Å². The van der Waals surface area contributed by atoms with Crippen LogP contribution in [0.3, 0.4) is 0 Å². The van der Waals surface area contributed by atoms with Crippen molar-refractivity contribution >= 4 is 5.97 Å². The molecule has 0 aromatic rings. The first-order valence-electron chi connectivity index (χ1n) is 2.68. The molecule has 0 aliphatic carbocycles. The lowest BCUT2D eigenvalue weighted by molar-refractivity contribution is -0.183. The van der Waals surface area contributed by atoms with E-state index < -0.39 is 11.8 Å². The van der Waals surface area contributed by atoms with Gasteiger partial charge in [-0.3, -0.25) is 0 Å². The number of ether oxygens (including phenoxy) is 3. The fraction of sp³-hybridized carbons (Fsp3) is 0.800. The second kappa shape index (κ2) is 2.51. The lowest BCUT2D eigenvalue weighted by atomic mass is 10.3. The third-order valence-corrected chi connectivity index (χ3v) is 1.15. The SMILES string of the molecule is COC(=O)C1(F)COCO1. The predicted octanol–water partition coefficient (Wildman–Crippen LogP) is -0.171. The van der Waals surface area contributed by atoms with Crippen LogP contribution in [0.1, 0.15) is 0 Å². The molecule has 10 heavy (non-hydrogen) atoms. The first kappa shape index (κ1) is 7.43. The van der Waals surface area contributed by atoms with Crippen LogP contribution in [0.15, 0.2) is 0 Å². The summed E-state index contributed by atoms with van der Waals surface area (Å²) >= 11 is 0. The van der Waals surface area contributed by atoms with Crippen molar-refractivity contribution in [3.8, 4) is 0 Å². The predicted molar refractivity (Wildman–Crippen MR) is 27.8 cm³/mol. The zero-order chi connectivity index (χ0) is 7.61. The highest BCUT2D eigenvalue weighted by Crippen LogP contribution is 2.20. The van der Waals surface area contributed by atoms with E-state index in [1.54, 1.807) is 0 Å². The molecule has 0 aromatic heterocycles. The summed E-state index contributed by atoms with van der Waals surface area (Å²) in [7, 11) is 1.09. The Morgan fingerprint density at radius 1 is 1.80 bits per heavy atom. The molecule has 1 fully saturated rings. The van der Waals surface area contributed by atoms with Gasteiger partial charge in [-0.15, -0.1) is 0 Å². The van der Waals surface area contributed by atoms with Gasteiger partial charge in [0.2, 0.25) is 0 Å². The van der Waals surface area contributed by atoms with Gasteiger partial charge in [0.05, 0.1) is 7.11 Å². The van der Waals surface area contributed by atoms with Gasteiger partial charge in [-0.05, 0) is 0 Å². The number of rotatable bonds is 1. The van der Waals surface area contributed by atoms with Crippen molar-refractivity contribution in [2.75, 3.05) is 20.5 Å². The largest absolute Gasteiger partial charge is 0.465 e. The maximum Gasteiger partial charge on any atom is 0.374 e. The number of carbonyl (C=O) groups is 1. The number of methoxy groups -OCH3 is 1. The molecular weight excluding hydrogens is 143 g/mol. The fourth-order valence-corrected chi connectivity index (χ4v) is 0.620. The van der Waals surface area contributed by atoms with Crippen LogP contribution in [0.2, 0.25) is 0 Å². The Bertz CT molecular complexity index is 141. The summed E-state index contributed by atoms with van der Waals surface area (Å²) in [5, 5.41) is 0. The summed E-state index contributed by atoms with van der Waals surface area (Å²) in [6.07, 6.45) is 0. The van der Waals surface area contributed by atoms with Gasteiger partial charge in [0.15, 0.2) is 6.79 Å². The van der Waals surface area contributed by atoms with Crippen LogP contribution in [0.4, 0.5) is 4.39 Å². The molecule has 1 atom stereocenters. The van der Waals surface area contributed by atoms with E-state index in [0.717, 1.165) is 7.11 Å². The molecule has 0 aromatic carbocycles. The molecule has 0 N–H and O–H groups in total. The van der Waals surface area contributed by atoms with E-state index in [1.165, 1.54) is 0 Å². The molecular formula is C5H7FO4. The molecule has 1 unspecified atom stereocenters. The number of hydrogen-bond donors (Lipinski definition) is 0. The minimum atomic E-state index is -2.38. The number of esters is 1. The van der Waals surface area contributed by atoms with Gasteiger partial charge in [0, 0.05) is 0 Å². The van der Waals surface area contributed by atoms with Crippen molar-refractivity contribution in [3.63, 3.8) is 0 Å². The van der Waals surface area contributed by atoms with Crippen LogP contribution in [0.5, 0.6) is 0 Å². The second-order valence-electron chi connectivity index (χ2n) is 1.83. The zero-order valence-electron chi connectivity index (χ0n) is 5.43. The summed E-state index contributed by atoms with van der Waals surface area (Å²) < 4.78 is 25.8.